The van der Waals surface area contributed by atoms with E-state index in [1.165, 1.54) is 6.07 Å². The molecule has 0 saturated heterocycles. The SMILES string of the molecule is Nc1nc(-c2ccco2)cc(-n2nnc3cc(Oc4cccc(-c5cccc(C(=O)O)c5)n4)ccc32)n1. The van der Waals surface area contributed by atoms with Gasteiger partial charge in [0.25, 0.3) is 0 Å². The molecule has 0 fully saturated rings. The summed E-state index contributed by atoms with van der Waals surface area (Å²) in [4.78, 5) is 24.3. The molecule has 0 saturated carbocycles. The highest BCUT2D eigenvalue weighted by molar-refractivity contribution is 5.89. The van der Waals surface area contributed by atoms with E-state index >= 15 is 0 Å². The third-order valence-corrected chi connectivity index (χ3v) is 5.49. The van der Waals surface area contributed by atoms with Gasteiger partial charge in [0.1, 0.15) is 17.0 Å². The van der Waals surface area contributed by atoms with Crippen molar-refractivity contribution in [1.82, 2.24) is 29.9 Å². The third kappa shape index (κ3) is 4.32. The van der Waals surface area contributed by atoms with Crippen LogP contribution in [0.3, 0.4) is 0 Å². The Labute approximate surface area is 208 Å². The maximum Gasteiger partial charge on any atom is 0.335 e. The Bertz CT molecular complexity index is 1760. The molecule has 0 aliphatic heterocycles. The zero-order valence-electron chi connectivity index (χ0n) is 19.0. The van der Waals surface area contributed by atoms with Crippen molar-refractivity contribution in [1.29, 1.82) is 0 Å². The lowest BCUT2D eigenvalue weighted by molar-refractivity contribution is 0.0697. The van der Waals surface area contributed by atoms with Gasteiger partial charge in [-0.1, -0.05) is 23.4 Å². The Kier molecular flexibility index (Phi) is 5.27. The highest BCUT2D eigenvalue weighted by Gasteiger charge is 2.14. The number of hydrogen-bond donors (Lipinski definition) is 2. The molecular formula is C26H17N7O4. The van der Waals surface area contributed by atoms with Crippen LogP contribution in [0.4, 0.5) is 5.95 Å². The van der Waals surface area contributed by atoms with Gasteiger partial charge in [0.2, 0.25) is 11.8 Å². The normalized spacial score (nSPS) is 11.0. The molecule has 6 rings (SSSR count). The van der Waals surface area contributed by atoms with Crippen LogP contribution in [0.2, 0.25) is 0 Å². The number of nitrogen functional groups attached to an aromatic ring is 1. The Hall–Kier alpha value is -5.58. The maximum atomic E-state index is 11.3. The average Bonchev–Trinajstić information content (AvgIpc) is 3.59. The lowest BCUT2D eigenvalue weighted by Crippen LogP contribution is -2.05. The van der Waals surface area contributed by atoms with Crippen molar-refractivity contribution < 1.29 is 19.1 Å². The van der Waals surface area contributed by atoms with Crippen molar-refractivity contribution in [2.45, 2.75) is 0 Å². The fourth-order valence-corrected chi connectivity index (χ4v) is 3.81. The smallest absolute Gasteiger partial charge is 0.335 e. The number of fused-ring (bicyclic) bond motifs is 1. The Morgan fingerprint density at radius 2 is 1.81 bits per heavy atom. The Morgan fingerprint density at radius 3 is 2.65 bits per heavy atom. The molecule has 0 atom stereocenters. The number of carboxylic acid groups (broad SMARTS) is 1. The van der Waals surface area contributed by atoms with Gasteiger partial charge in [-0.2, -0.15) is 9.67 Å². The van der Waals surface area contributed by atoms with E-state index < -0.39 is 5.97 Å². The van der Waals surface area contributed by atoms with Gasteiger partial charge >= 0.3 is 5.97 Å². The summed E-state index contributed by atoms with van der Waals surface area (Å²) in [6, 6.07) is 22.4. The van der Waals surface area contributed by atoms with E-state index in [0.717, 1.165) is 0 Å². The zero-order valence-corrected chi connectivity index (χ0v) is 19.0. The number of ether oxygens (including phenoxy) is 1. The van der Waals surface area contributed by atoms with E-state index in [4.69, 9.17) is 14.9 Å². The molecule has 37 heavy (non-hydrogen) atoms. The fourth-order valence-electron chi connectivity index (χ4n) is 3.81. The molecule has 11 nitrogen and oxygen atoms in total. The number of furan rings is 1. The summed E-state index contributed by atoms with van der Waals surface area (Å²) in [5, 5.41) is 17.7. The summed E-state index contributed by atoms with van der Waals surface area (Å²) < 4.78 is 12.9. The molecule has 0 aliphatic rings. The van der Waals surface area contributed by atoms with Crippen LogP contribution in [0, 0.1) is 0 Å². The van der Waals surface area contributed by atoms with E-state index in [2.05, 4.69) is 25.3 Å². The highest BCUT2D eigenvalue weighted by atomic mass is 16.5. The number of hydrogen-bond acceptors (Lipinski definition) is 9. The molecule has 3 N–H and O–H groups in total. The van der Waals surface area contributed by atoms with Gasteiger partial charge in [0, 0.05) is 23.8 Å². The number of carboxylic acids is 1. The summed E-state index contributed by atoms with van der Waals surface area (Å²) in [7, 11) is 0. The third-order valence-electron chi connectivity index (χ3n) is 5.49. The van der Waals surface area contributed by atoms with Gasteiger partial charge in [-0.25, -0.2) is 14.8 Å². The number of nitrogens with zero attached hydrogens (tertiary/aromatic N) is 6. The summed E-state index contributed by atoms with van der Waals surface area (Å²) in [5.41, 5.74) is 9.13. The first-order valence-electron chi connectivity index (χ1n) is 11.1. The van der Waals surface area contributed by atoms with Crippen molar-refractivity contribution in [3.8, 4) is 40.2 Å². The van der Waals surface area contributed by atoms with Crippen molar-refractivity contribution in [2.24, 2.45) is 0 Å². The molecule has 0 unspecified atom stereocenters. The van der Waals surface area contributed by atoms with Crippen molar-refractivity contribution in [3.63, 3.8) is 0 Å². The standard InChI is InChI=1S/C26H17N7O4/c27-26-29-20(22-7-3-11-36-22)14-23(30-26)33-21-10-9-17(13-19(21)31-32-33)37-24-8-2-6-18(28-24)15-4-1-5-16(12-15)25(34)35/h1-14H,(H,34,35)(H2,27,29,30). The van der Waals surface area contributed by atoms with Gasteiger partial charge < -0.3 is 20.0 Å². The van der Waals surface area contributed by atoms with Crippen LogP contribution in [0.15, 0.2) is 89.5 Å². The molecule has 0 bridgehead atoms. The molecule has 0 radical (unpaired) electrons. The fraction of sp³-hybridized carbons (Fsp3) is 0. The summed E-state index contributed by atoms with van der Waals surface area (Å²) in [6.45, 7) is 0. The van der Waals surface area contributed by atoms with Gasteiger partial charge in [-0.3, -0.25) is 0 Å². The lowest BCUT2D eigenvalue weighted by Gasteiger charge is -2.08. The van der Waals surface area contributed by atoms with Crippen LogP contribution in [0.1, 0.15) is 10.4 Å². The van der Waals surface area contributed by atoms with Gasteiger partial charge in [0.15, 0.2) is 11.6 Å². The molecule has 6 aromatic rings. The van der Waals surface area contributed by atoms with Crippen LogP contribution >= 0.6 is 0 Å². The van der Waals surface area contributed by atoms with Gasteiger partial charge in [-0.15, -0.1) is 5.10 Å². The summed E-state index contributed by atoms with van der Waals surface area (Å²) in [6.07, 6.45) is 1.55. The Balaban J connectivity index is 1.29. The van der Waals surface area contributed by atoms with Crippen LogP contribution < -0.4 is 10.5 Å². The number of rotatable bonds is 6. The summed E-state index contributed by atoms with van der Waals surface area (Å²) >= 11 is 0. The minimum atomic E-state index is -1.00. The largest absolute Gasteiger partial charge is 0.478 e. The highest BCUT2D eigenvalue weighted by Crippen LogP contribution is 2.28. The first kappa shape index (κ1) is 21.9. The average molecular weight is 491 g/mol. The zero-order chi connectivity index (χ0) is 25.4. The second kappa shape index (κ2) is 8.89. The van der Waals surface area contributed by atoms with E-state index in [1.54, 1.807) is 83.7 Å². The molecule has 2 aromatic carbocycles. The first-order chi connectivity index (χ1) is 18.0. The molecule has 0 spiro atoms. The molecule has 4 heterocycles. The number of nitrogens with two attached hydrogens (primary N) is 1. The van der Waals surface area contributed by atoms with Gasteiger partial charge in [-0.05, 0) is 42.5 Å². The molecule has 0 amide bonds. The lowest BCUT2D eigenvalue weighted by atomic mass is 10.1. The molecule has 11 heteroatoms. The first-order valence-corrected chi connectivity index (χ1v) is 11.1. The maximum absolute atomic E-state index is 11.3. The number of anilines is 1. The van der Waals surface area contributed by atoms with Crippen LogP contribution in [-0.2, 0) is 0 Å². The summed E-state index contributed by atoms with van der Waals surface area (Å²) in [5.74, 6) is 0.913. The van der Waals surface area contributed by atoms with E-state index in [1.807, 2.05) is 0 Å². The number of carbonyl (C=O) groups is 1. The minimum Gasteiger partial charge on any atom is -0.478 e. The van der Waals surface area contributed by atoms with Gasteiger partial charge in [0.05, 0.1) is 23.0 Å². The number of aromatic nitrogens is 6. The minimum absolute atomic E-state index is 0.0763. The van der Waals surface area contributed by atoms with Crippen molar-refractivity contribution >= 4 is 23.0 Å². The predicted molar refractivity (Wildman–Crippen MR) is 133 cm³/mol. The quantitative estimate of drug-likeness (QED) is 0.337. The van der Waals surface area contributed by atoms with E-state index in [0.29, 0.717) is 51.2 Å². The predicted octanol–water partition coefficient (Wildman–Crippen LogP) is 4.61. The van der Waals surface area contributed by atoms with Crippen LogP contribution in [-0.4, -0.2) is 41.0 Å². The van der Waals surface area contributed by atoms with E-state index in [-0.39, 0.29) is 11.5 Å². The van der Waals surface area contributed by atoms with Crippen LogP contribution in [0.5, 0.6) is 11.6 Å². The van der Waals surface area contributed by atoms with E-state index in [9.17, 15) is 9.90 Å². The van der Waals surface area contributed by atoms with Crippen molar-refractivity contribution in [3.05, 3.63) is 90.7 Å². The Morgan fingerprint density at radius 1 is 0.919 bits per heavy atom. The second-order valence-corrected chi connectivity index (χ2v) is 7.95. The molecule has 0 aliphatic carbocycles. The number of benzene rings is 2. The number of pyridine rings is 1. The van der Waals surface area contributed by atoms with Crippen LogP contribution in [0.25, 0.3) is 39.6 Å². The molecule has 180 valence electrons. The molecular weight excluding hydrogens is 474 g/mol. The number of aromatic carboxylic acids is 1. The second-order valence-electron chi connectivity index (χ2n) is 7.95. The van der Waals surface area contributed by atoms with Crippen molar-refractivity contribution in [2.75, 3.05) is 5.73 Å². The topological polar surface area (TPSA) is 155 Å². The molecule has 4 aromatic heterocycles. The monoisotopic (exact) mass is 491 g/mol.